The van der Waals surface area contributed by atoms with Crippen LogP contribution >= 0.6 is 0 Å². The summed E-state index contributed by atoms with van der Waals surface area (Å²) in [5.41, 5.74) is 0.282. The number of methoxy groups -OCH3 is 1. The quantitative estimate of drug-likeness (QED) is 0.456. The van der Waals surface area contributed by atoms with E-state index in [9.17, 15) is 19.7 Å². The number of carbonyl (C=O) groups excluding carboxylic acids is 2. The van der Waals surface area contributed by atoms with E-state index >= 15 is 0 Å². The van der Waals surface area contributed by atoms with E-state index in [4.69, 9.17) is 0 Å². The monoisotopic (exact) mass is 281 g/mol. The molecule has 0 unspecified atom stereocenters. The van der Waals surface area contributed by atoms with Gasteiger partial charge in [0.2, 0.25) is 5.91 Å². The highest BCUT2D eigenvalue weighted by Crippen LogP contribution is 2.23. The number of amides is 1. The number of hydrogen-bond acceptors (Lipinski definition) is 6. The molecule has 1 aromatic rings. The number of esters is 1. The highest BCUT2D eigenvalue weighted by Gasteiger charge is 2.16. The summed E-state index contributed by atoms with van der Waals surface area (Å²) in [4.78, 5) is 32.8. The van der Waals surface area contributed by atoms with E-state index in [0.29, 0.717) is 0 Å². The summed E-state index contributed by atoms with van der Waals surface area (Å²) in [6.07, 6.45) is 0.180. The third-order valence-corrected chi connectivity index (χ3v) is 2.57. The minimum atomic E-state index is -0.609. The molecule has 0 atom stereocenters. The lowest BCUT2D eigenvalue weighted by Gasteiger charge is -2.10. The Morgan fingerprint density at radius 1 is 1.40 bits per heavy atom. The van der Waals surface area contributed by atoms with Crippen molar-refractivity contribution < 1.29 is 19.2 Å². The Bertz CT molecular complexity index is 530. The average molecular weight is 281 g/mol. The zero-order valence-electron chi connectivity index (χ0n) is 11.1. The van der Waals surface area contributed by atoms with Crippen molar-refractivity contribution in [3.8, 4) is 0 Å². The molecule has 2 N–H and O–H groups in total. The maximum atomic E-state index is 11.6. The average Bonchev–Trinajstić information content (AvgIpc) is 2.45. The molecule has 0 aliphatic heterocycles. The summed E-state index contributed by atoms with van der Waals surface area (Å²) in [5, 5.41) is 16.0. The fourth-order valence-electron chi connectivity index (χ4n) is 1.52. The molecule has 1 amide bonds. The maximum absolute atomic E-state index is 11.6. The Labute approximate surface area is 115 Å². The van der Waals surface area contributed by atoms with Gasteiger partial charge in [-0.3, -0.25) is 14.9 Å². The number of nitrogens with one attached hydrogen (secondary N) is 2. The number of anilines is 1. The van der Waals surface area contributed by atoms with Crippen LogP contribution in [0.25, 0.3) is 0 Å². The van der Waals surface area contributed by atoms with Gasteiger partial charge in [-0.2, -0.15) is 0 Å². The molecule has 0 spiro atoms. The van der Waals surface area contributed by atoms with Crippen LogP contribution in [-0.2, 0) is 9.53 Å². The van der Waals surface area contributed by atoms with Gasteiger partial charge in [0.15, 0.2) is 0 Å². The van der Waals surface area contributed by atoms with E-state index in [1.807, 2.05) is 0 Å². The van der Waals surface area contributed by atoms with E-state index in [-0.39, 0.29) is 35.8 Å². The molecule has 108 valence electrons. The van der Waals surface area contributed by atoms with Gasteiger partial charge in [-0.1, -0.05) is 0 Å². The normalized spacial score (nSPS) is 9.70. The fourth-order valence-corrected chi connectivity index (χ4v) is 1.52. The summed E-state index contributed by atoms with van der Waals surface area (Å²) in [6.45, 7) is 0.241. The van der Waals surface area contributed by atoms with Crippen molar-refractivity contribution >= 4 is 23.3 Å². The SMILES string of the molecule is CNC(=O)CCNc1cc([N+](=O)[O-])ccc1C(=O)OC. The van der Waals surface area contributed by atoms with Gasteiger partial charge in [-0.05, 0) is 6.07 Å². The van der Waals surface area contributed by atoms with Crippen LogP contribution < -0.4 is 10.6 Å². The predicted octanol–water partition coefficient (Wildman–Crippen LogP) is 0.929. The third-order valence-electron chi connectivity index (χ3n) is 2.57. The Morgan fingerprint density at radius 2 is 2.10 bits per heavy atom. The third kappa shape index (κ3) is 3.94. The van der Waals surface area contributed by atoms with Gasteiger partial charge in [0.25, 0.3) is 5.69 Å². The first kappa shape index (κ1) is 15.4. The number of nitro benzene ring substituents is 1. The van der Waals surface area contributed by atoms with Gasteiger partial charge in [0.1, 0.15) is 0 Å². The van der Waals surface area contributed by atoms with Gasteiger partial charge < -0.3 is 15.4 Å². The number of nitro groups is 1. The molecule has 1 rings (SSSR count). The van der Waals surface area contributed by atoms with E-state index in [1.165, 1.54) is 32.4 Å². The second kappa shape index (κ2) is 7.07. The van der Waals surface area contributed by atoms with Crippen molar-refractivity contribution in [2.24, 2.45) is 0 Å². The smallest absolute Gasteiger partial charge is 0.339 e. The fraction of sp³-hybridized carbons (Fsp3) is 0.333. The second-order valence-corrected chi connectivity index (χ2v) is 3.83. The van der Waals surface area contributed by atoms with Crippen molar-refractivity contribution in [2.75, 3.05) is 26.0 Å². The van der Waals surface area contributed by atoms with Crippen LogP contribution in [0.3, 0.4) is 0 Å². The Kier molecular flexibility index (Phi) is 5.45. The van der Waals surface area contributed by atoms with Gasteiger partial charge >= 0.3 is 5.97 Å². The molecule has 8 nitrogen and oxygen atoms in total. The van der Waals surface area contributed by atoms with Crippen LogP contribution in [0.1, 0.15) is 16.8 Å². The van der Waals surface area contributed by atoms with E-state index in [0.717, 1.165) is 0 Å². The Morgan fingerprint density at radius 3 is 2.65 bits per heavy atom. The minimum absolute atomic E-state index is 0.153. The van der Waals surface area contributed by atoms with Gasteiger partial charge in [-0.25, -0.2) is 4.79 Å². The van der Waals surface area contributed by atoms with Crippen molar-refractivity contribution in [1.82, 2.24) is 5.32 Å². The van der Waals surface area contributed by atoms with Crippen LogP contribution in [0.5, 0.6) is 0 Å². The van der Waals surface area contributed by atoms with Crippen molar-refractivity contribution in [3.05, 3.63) is 33.9 Å². The first-order valence-corrected chi connectivity index (χ1v) is 5.80. The molecule has 0 heterocycles. The van der Waals surface area contributed by atoms with Crippen molar-refractivity contribution in [1.29, 1.82) is 0 Å². The first-order valence-electron chi connectivity index (χ1n) is 5.80. The molecule has 0 aliphatic carbocycles. The van der Waals surface area contributed by atoms with Crippen molar-refractivity contribution in [2.45, 2.75) is 6.42 Å². The minimum Gasteiger partial charge on any atom is -0.465 e. The Hall–Kier alpha value is -2.64. The topological polar surface area (TPSA) is 111 Å². The van der Waals surface area contributed by atoms with Crippen molar-refractivity contribution in [3.63, 3.8) is 0 Å². The Balaban J connectivity index is 2.93. The van der Waals surface area contributed by atoms with Crippen LogP contribution in [0.15, 0.2) is 18.2 Å². The number of carbonyl (C=O) groups is 2. The molecular formula is C12H15N3O5. The lowest BCUT2D eigenvalue weighted by atomic mass is 10.1. The van der Waals surface area contributed by atoms with Crippen LogP contribution in [-0.4, -0.2) is 37.5 Å². The van der Waals surface area contributed by atoms with Gasteiger partial charge in [0, 0.05) is 32.1 Å². The summed E-state index contributed by atoms with van der Waals surface area (Å²) in [5.74, 6) is -0.787. The van der Waals surface area contributed by atoms with Crippen LogP contribution in [0.4, 0.5) is 11.4 Å². The van der Waals surface area contributed by atoms with E-state index in [2.05, 4.69) is 15.4 Å². The maximum Gasteiger partial charge on any atom is 0.339 e. The molecule has 0 saturated heterocycles. The molecule has 20 heavy (non-hydrogen) atoms. The molecule has 0 fully saturated rings. The van der Waals surface area contributed by atoms with Gasteiger partial charge in [-0.15, -0.1) is 0 Å². The molecule has 0 saturated carbocycles. The van der Waals surface area contributed by atoms with Crippen LogP contribution in [0, 0.1) is 10.1 Å². The first-order chi connectivity index (χ1) is 9.49. The zero-order chi connectivity index (χ0) is 15.1. The molecular weight excluding hydrogens is 266 g/mol. The summed E-state index contributed by atoms with van der Waals surface area (Å²) in [6, 6.07) is 3.76. The molecule has 8 heteroatoms. The lowest BCUT2D eigenvalue weighted by Crippen LogP contribution is -2.21. The van der Waals surface area contributed by atoms with E-state index in [1.54, 1.807) is 0 Å². The zero-order valence-corrected chi connectivity index (χ0v) is 11.1. The van der Waals surface area contributed by atoms with Gasteiger partial charge in [0.05, 0.1) is 23.3 Å². The standard InChI is InChI=1S/C12H15N3O5/c1-13-11(16)5-6-14-10-7-8(15(18)19)3-4-9(10)12(17)20-2/h3-4,7,14H,5-6H2,1-2H3,(H,13,16). The summed E-state index contributed by atoms with van der Waals surface area (Å²) >= 11 is 0. The molecule has 0 bridgehead atoms. The number of benzene rings is 1. The number of rotatable bonds is 6. The number of non-ortho nitro benzene ring substituents is 1. The van der Waals surface area contributed by atoms with E-state index < -0.39 is 10.9 Å². The molecule has 1 aromatic carbocycles. The number of nitrogens with zero attached hydrogens (tertiary/aromatic N) is 1. The predicted molar refractivity (Wildman–Crippen MR) is 71.6 cm³/mol. The molecule has 0 aromatic heterocycles. The number of hydrogen-bond donors (Lipinski definition) is 2. The summed E-state index contributed by atoms with van der Waals surface area (Å²) < 4.78 is 4.60. The largest absolute Gasteiger partial charge is 0.465 e. The lowest BCUT2D eigenvalue weighted by molar-refractivity contribution is -0.384. The highest BCUT2D eigenvalue weighted by atomic mass is 16.6. The molecule has 0 radical (unpaired) electrons. The number of ether oxygens (including phenoxy) is 1. The highest BCUT2D eigenvalue weighted by molar-refractivity contribution is 5.96. The molecule has 0 aliphatic rings. The second-order valence-electron chi connectivity index (χ2n) is 3.83. The summed E-state index contributed by atoms with van der Waals surface area (Å²) in [7, 11) is 2.73. The van der Waals surface area contributed by atoms with Crippen LogP contribution in [0.2, 0.25) is 0 Å².